The molecule has 1 rings (SSSR count). The Morgan fingerprint density at radius 2 is 1.82 bits per heavy atom. The van der Waals surface area contributed by atoms with Gasteiger partial charge in [0.2, 0.25) is 0 Å². The number of anilines is 1. The van der Waals surface area contributed by atoms with Crippen LogP contribution in [0.2, 0.25) is 0 Å². The number of nitrogens with zero attached hydrogens (tertiary/aromatic N) is 1. The fourth-order valence-electron chi connectivity index (χ4n) is 1.12. The minimum absolute atomic E-state index is 0.627. The first-order valence-electron chi connectivity index (χ1n) is 5.14. The predicted octanol–water partition coefficient (Wildman–Crippen LogP) is -0.841. The minimum Gasteiger partial charge on any atom is -0.394 e. The summed E-state index contributed by atoms with van der Waals surface area (Å²) in [5, 5.41) is 40.0. The zero-order valence-electron chi connectivity index (χ0n) is 9.14. The van der Waals surface area contributed by atoms with E-state index >= 15 is 0 Å². The van der Waals surface area contributed by atoms with Crippen LogP contribution in [0.4, 0.5) is 5.69 Å². The summed E-state index contributed by atoms with van der Waals surface area (Å²) in [5.41, 5.74) is 3.37. The normalized spacial score (nSPS) is 16.7. The van der Waals surface area contributed by atoms with Gasteiger partial charge in [0.1, 0.15) is 18.3 Å². The van der Waals surface area contributed by atoms with E-state index in [2.05, 4.69) is 10.5 Å². The van der Waals surface area contributed by atoms with Gasteiger partial charge in [-0.05, 0) is 12.1 Å². The molecule has 1 aromatic carbocycles. The van der Waals surface area contributed by atoms with Crippen LogP contribution in [-0.2, 0) is 0 Å². The molecular weight excluding hydrogens is 224 g/mol. The molecule has 0 fully saturated rings. The highest BCUT2D eigenvalue weighted by Crippen LogP contribution is 2.04. The first-order valence-corrected chi connectivity index (χ1v) is 5.14. The Balaban J connectivity index is 2.43. The Morgan fingerprint density at radius 1 is 1.18 bits per heavy atom. The van der Waals surface area contributed by atoms with Crippen molar-refractivity contribution in [2.75, 3.05) is 12.0 Å². The van der Waals surface area contributed by atoms with Crippen molar-refractivity contribution in [2.45, 2.75) is 18.3 Å². The van der Waals surface area contributed by atoms with Crippen LogP contribution in [0.3, 0.4) is 0 Å². The summed E-state index contributed by atoms with van der Waals surface area (Å²) in [7, 11) is 0. The monoisotopic (exact) mass is 240 g/mol. The van der Waals surface area contributed by atoms with Crippen molar-refractivity contribution < 1.29 is 20.4 Å². The molecule has 0 aliphatic carbocycles. The lowest BCUT2D eigenvalue weighted by Crippen LogP contribution is -2.40. The summed E-state index contributed by atoms with van der Waals surface area (Å²) in [6.45, 7) is -0.627. The molecule has 94 valence electrons. The highest BCUT2D eigenvalue weighted by Gasteiger charge is 2.22. The van der Waals surface area contributed by atoms with Crippen LogP contribution in [0.25, 0.3) is 0 Å². The molecule has 0 aromatic heterocycles. The van der Waals surface area contributed by atoms with E-state index < -0.39 is 24.9 Å². The number of hydrazone groups is 1. The van der Waals surface area contributed by atoms with Crippen LogP contribution in [-0.4, -0.2) is 51.6 Å². The smallest absolute Gasteiger partial charge is 0.119 e. The zero-order chi connectivity index (χ0) is 12.7. The van der Waals surface area contributed by atoms with E-state index in [0.717, 1.165) is 11.9 Å². The molecule has 0 aliphatic rings. The van der Waals surface area contributed by atoms with Gasteiger partial charge < -0.3 is 20.4 Å². The van der Waals surface area contributed by atoms with Crippen molar-refractivity contribution in [2.24, 2.45) is 5.10 Å². The Kier molecular flexibility index (Phi) is 5.58. The first kappa shape index (κ1) is 13.6. The second-order valence-electron chi connectivity index (χ2n) is 3.49. The average Bonchev–Trinajstić information content (AvgIpc) is 2.38. The number of hydrogen-bond acceptors (Lipinski definition) is 6. The average molecular weight is 240 g/mol. The van der Waals surface area contributed by atoms with Gasteiger partial charge in [0, 0.05) is 0 Å². The van der Waals surface area contributed by atoms with E-state index in [9.17, 15) is 10.2 Å². The lowest BCUT2D eigenvalue weighted by Gasteiger charge is -2.18. The molecule has 0 saturated carbocycles. The van der Waals surface area contributed by atoms with Crippen LogP contribution >= 0.6 is 0 Å². The van der Waals surface area contributed by atoms with Crippen LogP contribution in [0.5, 0.6) is 0 Å². The summed E-state index contributed by atoms with van der Waals surface area (Å²) in [6.07, 6.45) is -3.17. The molecule has 0 radical (unpaired) electrons. The summed E-state index contributed by atoms with van der Waals surface area (Å²) < 4.78 is 0. The number of para-hydroxylation sites is 1. The third kappa shape index (κ3) is 4.49. The highest BCUT2D eigenvalue weighted by atomic mass is 16.4. The highest BCUT2D eigenvalue weighted by molar-refractivity contribution is 5.65. The molecule has 0 saturated heterocycles. The zero-order valence-corrected chi connectivity index (χ0v) is 9.14. The van der Waals surface area contributed by atoms with E-state index in [1.54, 1.807) is 12.1 Å². The second-order valence-corrected chi connectivity index (χ2v) is 3.49. The molecule has 6 nitrogen and oxygen atoms in total. The number of rotatable bonds is 6. The molecule has 0 aliphatic heterocycles. The fraction of sp³-hybridized carbons (Fsp3) is 0.364. The van der Waals surface area contributed by atoms with Crippen LogP contribution < -0.4 is 5.43 Å². The van der Waals surface area contributed by atoms with E-state index in [1.807, 2.05) is 18.2 Å². The Labute approximate surface area is 98.8 Å². The third-order valence-electron chi connectivity index (χ3n) is 2.13. The molecule has 0 bridgehead atoms. The molecule has 5 N–H and O–H groups in total. The van der Waals surface area contributed by atoms with Crippen molar-refractivity contribution in [3.63, 3.8) is 0 Å². The Bertz CT molecular complexity index is 345. The first-order chi connectivity index (χ1) is 8.15. The van der Waals surface area contributed by atoms with Crippen molar-refractivity contribution in [3.05, 3.63) is 30.3 Å². The molecule has 0 unspecified atom stereocenters. The summed E-state index contributed by atoms with van der Waals surface area (Å²) in [5.74, 6) is 0. The maximum absolute atomic E-state index is 9.39. The van der Waals surface area contributed by atoms with Crippen LogP contribution in [0.1, 0.15) is 0 Å². The summed E-state index contributed by atoms with van der Waals surface area (Å²) in [6, 6.07) is 9.05. The van der Waals surface area contributed by atoms with E-state index in [1.165, 1.54) is 0 Å². The predicted molar refractivity (Wildman–Crippen MR) is 63.7 cm³/mol. The quantitative estimate of drug-likeness (QED) is 0.329. The van der Waals surface area contributed by atoms with Crippen molar-refractivity contribution in [3.8, 4) is 0 Å². The maximum atomic E-state index is 9.39. The van der Waals surface area contributed by atoms with Crippen molar-refractivity contribution in [1.82, 2.24) is 0 Å². The molecule has 0 spiro atoms. The van der Waals surface area contributed by atoms with Gasteiger partial charge in [-0.1, -0.05) is 18.2 Å². The van der Waals surface area contributed by atoms with Gasteiger partial charge in [-0.15, -0.1) is 0 Å². The molecular formula is C11H16N2O4. The molecule has 6 heteroatoms. The van der Waals surface area contributed by atoms with Gasteiger partial charge in [-0.2, -0.15) is 5.10 Å². The van der Waals surface area contributed by atoms with Gasteiger partial charge in [0.25, 0.3) is 0 Å². The number of aliphatic hydroxyl groups excluding tert-OH is 4. The van der Waals surface area contributed by atoms with Gasteiger partial charge in [0.05, 0.1) is 18.5 Å². The van der Waals surface area contributed by atoms with Crippen LogP contribution in [0.15, 0.2) is 35.4 Å². The SMILES string of the molecule is OC[C@H](O)[C@@H](O)[C@H](O)C=NNc1ccccc1. The molecule has 3 atom stereocenters. The van der Waals surface area contributed by atoms with Gasteiger partial charge in [-0.25, -0.2) is 0 Å². The summed E-state index contributed by atoms with van der Waals surface area (Å²) in [4.78, 5) is 0. The summed E-state index contributed by atoms with van der Waals surface area (Å²) >= 11 is 0. The minimum atomic E-state index is -1.47. The molecule has 1 aromatic rings. The van der Waals surface area contributed by atoms with Crippen LogP contribution in [0, 0.1) is 0 Å². The van der Waals surface area contributed by atoms with Gasteiger partial charge in [-0.3, -0.25) is 5.43 Å². The number of aliphatic hydroxyl groups is 4. The fourth-order valence-corrected chi connectivity index (χ4v) is 1.12. The van der Waals surface area contributed by atoms with Crippen molar-refractivity contribution >= 4 is 11.9 Å². The lowest BCUT2D eigenvalue weighted by molar-refractivity contribution is -0.0541. The van der Waals surface area contributed by atoms with Gasteiger partial charge in [0.15, 0.2) is 0 Å². The molecule has 0 heterocycles. The standard InChI is InChI=1S/C11H16N2O4/c14-7-10(16)11(17)9(15)6-12-13-8-4-2-1-3-5-8/h1-6,9-11,13-17H,7H2/t9-,10+,11+/m1/s1. The largest absolute Gasteiger partial charge is 0.394 e. The van der Waals surface area contributed by atoms with Gasteiger partial charge >= 0.3 is 0 Å². The molecule has 17 heavy (non-hydrogen) atoms. The van der Waals surface area contributed by atoms with Crippen molar-refractivity contribution in [1.29, 1.82) is 0 Å². The Hall–Kier alpha value is -1.47. The topological polar surface area (TPSA) is 105 Å². The lowest BCUT2D eigenvalue weighted by atomic mass is 10.1. The molecule has 0 amide bonds. The second kappa shape index (κ2) is 6.97. The maximum Gasteiger partial charge on any atom is 0.119 e. The van der Waals surface area contributed by atoms with E-state index in [-0.39, 0.29) is 0 Å². The van der Waals surface area contributed by atoms with E-state index in [0.29, 0.717) is 0 Å². The third-order valence-corrected chi connectivity index (χ3v) is 2.13. The number of hydrogen-bond donors (Lipinski definition) is 5. The Morgan fingerprint density at radius 3 is 2.41 bits per heavy atom. The number of nitrogens with one attached hydrogen (secondary N) is 1. The van der Waals surface area contributed by atoms with E-state index in [4.69, 9.17) is 10.2 Å². The number of benzene rings is 1.